The summed E-state index contributed by atoms with van der Waals surface area (Å²) in [6, 6.07) is 16.2. The molecule has 0 bridgehead atoms. The summed E-state index contributed by atoms with van der Waals surface area (Å²) in [5, 5.41) is 17.0. The molecule has 2 N–H and O–H groups in total. The van der Waals surface area contributed by atoms with Crippen molar-refractivity contribution in [2.75, 3.05) is 13.6 Å². The van der Waals surface area contributed by atoms with Crippen molar-refractivity contribution in [3.63, 3.8) is 0 Å². The van der Waals surface area contributed by atoms with Crippen molar-refractivity contribution in [1.29, 1.82) is 0 Å². The van der Waals surface area contributed by atoms with E-state index in [1.807, 2.05) is 51.1 Å². The van der Waals surface area contributed by atoms with Gasteiger partial charge in [-0.15, -0.1) is 24.0 Å². The SMILES string of the molecule is CN(CC(=O)NC(C)(C)C)C(=NCc1ccccc1)NCc1ccc([N+](=O)[O-])cc1.I. The standard InChI is InChI=1S/C22H29N5O3.HI/c1-22(2,3)25-20(28)16-26(4)21(23-14-17-8-6-5-7-9-17)24-15-18-10-12-19(13-11-18)27(29)30;/h5-13H,14-16H2,1-4H3,(H,23,24)(H,25,28);1H. The number of aliphatic imine (C=N–C) groups is 1. The third-order valence-corrected chi connectivity index (χ3v) is 4.11. The fourth-order valence-corrected chi connectivity index (χ4v) is 2.73. The predicted molar refractivity (Wildman–Crippen MR) is 133 cm³/mol. The Morgan fingerprint density at radius 3 is 2.23 bits per heavy atom. The smallest absolute Gasteiger partial charge is 0.269 e. The van der Waals surface area contributed by atoms with Crippen molar-refractivity contribution in [2.24, 2.45) is 4.99 Å². The summed E-state index contributed by atoms with van der Waals surface area (Å²) in [6.07, 6.45) is 0. The van der Waals surface area contributed by atoms with E-state index in [4.69, 9.17) is 0 Å². The number of likely N-dealkylation sites (N-methyl/N-ethyl adjacent to an activating group) is 1. The monoisotopic (exact) mass is 539 g/mol. The fraction of sp³-hybridized carbons (Fsp3) is 0.364. The number of non-ortho nitro benzene ring substituents is 1. The lowest BCUT2D eigenvalue weighted by Gasteiger charge is -2.25. The van der Waals surface area contributed by atoms with E-state index in [0.29, 0.717) is 19.0 Å². The average Bonchev–Trinajstić information content (AvgIpc) is 2.67. The second-order valence-corrected chi connectivity index (χ2v) is 8.06. The van der Waals surface area contributed by atoms with E-state index in [-0.39, 0.29) is 47.7 Å². The van der Waals surface area contributed by atoms with Crippen molar-refractivity contribution >= 4 is 41.5 Å². The highest BCUT2D eigenvalue weighted by molar-refractivity contribution is 14.0. The Morgan fingerprint density at radius 1 is 1.06 bits per heavy atom. The zero-order chi connectivity index (χ0) is 22.1. The zero-order valence-electron chi connectivity index (χ0n) is 18.3. The molecule has 2 rings (SSSR count). The van der Waals surface area contributed by atoms with E-state index < -0.39 is 4.92 Å². The molecule has 0 unspecified atom stereocenters. The Morgan fingerprint density at radius 2 is 1.68 bits per heavy atom. The number of benzene rings is 2. The average molecular weight is 539 g/mol. The van der Waals surface area contributed by atoms with Gasteiger partial charge >= 0.3 is 0 Å². The molecule has 31 heavy (non-hydrogen) atoms. The highest BCUT2D eigenvalue weighted by Crippen LogP contribution is 2.12. The van der Waals surface area contributed by atoms with Crippen LogP contribution in [0.5, 0.6) is 0 Å². The van der Waals surface area contributed by atoms with Gasteiger partial charge in [0, 0.05) is 31.3 Å². The van der Waals surface area contributed by atoms with Gasteiger partial charge in [0.1, 0.15) is 0 Å². The van der Waals surface area contributed by atoms with Gasteiger partial charge in [-0.2, -0.15) is 0 Å². The summed E-state index contributed by atoms with van der Waals surface area (Å²) in [5.74, 6) is 0.468. The largest absolute Gasteiger partial charge is 0.352 e. The van der Waals surface area contributed by atoms with Gasteiger partial charge in [-0.3, -0.25) is 14.9 Å². The first-order valence-electron chi connectivity index (χ1n) is 9.72. The first kappa shape index (κ1) is 26.3. The number of guanidine groups is 1. The van der Waals surface area contributed by atoms with E-state index in [1.54, 1.807) is 24.1 Å². The Bertz CT molecular complexity index is 880. The summed E-state index contributed by atoms with van der Waals surface area (Å²) in [4.78, 5) is 29.1. The van der Waals surface area contributed by atoms with Crippen LogP contribution in [-0.4, -0.2) is 40.8 Å². The van der Waals surface area contributed by atoms with E-state index in [2.05, 4.69) is 15.6 Å². The number of hydrogen-bond acceptors (Lipinski definition) is 4. The first-order valence-corrected chi connectivity index (χ1v) is 9.72. The lowest BCUT2D eigenvalue weighted by atomic mass is 10.1. The fourth-order valence-electron chi connectivity index (χ4n) is 2.73. The number of carbonyl (C=O) groups excluding carboxylic acids is 1. The Balaban J connectivity index is 0.00000480. The van der Waals surface area contributed by atoms with Gasteiger partial charge in [-0.1, -0.05) is 42.5 Å². The predicted octanol–water partition coefficient (Wildman–Crippen LogP) is 3.71. The molecule has 0 heterocycles. The number of nitro benzene ring substituents is 1. The Labute approximate surface area is 200 Å². The van der Waals surface area contributed by atoms with Crippen molar-refractivity contribution in [3.8, 4) is 0 Å². The van der Waals surface area contributed by atoms with E-state index in [9.17, 15) is 14.9 Å². The molecule has 0 radical (unpaired) electrons. The lowest BCUT2D eigenvalue weighted by Crippen LogP contribution is -2.48. The third-order valence-electron chi connectivity index (χ3n) is 4.11. The maximum Gasteiger partial charge on any atom is 0.269 e. The van der Waals surface area contributed by atoms with Crippen molar-refractivity contribution in [3.05, 3.63) is 75.8 Å². The van der Waals surface area contributed by atoms with E-state index >= 15 is 0 Å². The van der Waals surface area contributed by atoms with Gasteiger partial charge in [0.2, 0.25) is 5.91 Å². The van der Waals surface area contributed by atoms with Crippen molar-refractivity contribution in [2.45, 2.75) is 39.4 Å². The van der Waals surface area contributed by atoms with Gasteiger partial charge in [0.05, 0.1) is 18.0 Å². The van der Waals surface area contributed by atoms with E-state index in [0.717, 1.165) is 11.1 Å². The molecule has 0 atom stereocenters. The second-order valence-electron chi connectivity index (χ2n) is 8.06. The lowest BCUT2D eigenvalue weighted by molar-refractivity contribution is -0.384. The van der Waals surface area contributed by atoms with Crippen molar-refractivity contribution in [1.82, 2.24) is 15.5 Å². The molecule has 0 spiro atoms. The number of carbonyl (C=O) groups is 1. The van der Waals surface area contributed by atoms with Crippen LogP contribution in [0.25, 0.3) is 0 Å². The van der Waals surface area contributed by atoms with Crippen LogP contribution in [0.2, 0.25) is 0 Å². The highest BCUT2D eigenvalue weighted by Gasteiger charge is 2.17. The van der Waals surface area contributed by atoms with Gasteiger partial charge in [0.15, 0.2) is 5.96 Å². The molecule has 168 valence electrons. The summed E-state index contributed by atoms with van der Waals surface area (Å²) in [7, 11) is 1.80. The van der Waals surface area contributed by atoms with Crippen LogP contribution in [0, 0.1) is 10.1 Å². The minimum absolute atomic E-state index is 0. The zero-order valence-corrected chi connectivity index (χ0v) is 20.6. The van der Waals surface area contributed by atoms with Gasteiger partial charge in [-0.25, -0.2) is 4.99 Å². The van der Waals surface area contributed by atoms with Crippen molar-refractivity contribution < 1.29 is 9.72 Å². The maximum absolute atomic E-state index is 12.3. The summed E-state index contributed by atoms with van der Waals surface area (Å²) in [6.45, 7) is 6.84. The van der Waals surface area contributed by atoms with Crippen LogP contribution in [-0.2, 0) is 17.9 Å². The number of rotatable bonds is 7. The van der Waals surface area contributed by atoms with Crippen LogP contribution in [0.15, 0.2) is 59.6 Å². The molecule has 9 heteroatoms. The summed E-state index contributed by atoms with van der Waals surface area (Å²) >= 11 is 0. The van der Waals surface area contributed by atoms with Crippen LogP contribution in [0.1, 0.15) is 31.9 Å². The molecule has 0 aliphatic carbocycles. The van der Waals surface area contributed by atoms with Gasteiger partial charge < -0.3 is 15.5 Å². The number of amides is 1. The number of nitro groups is 1. The molecule has 0 saturated carbocycles. The molecule has 0 aliphatic rings. The van der Waals surface area contributed by atoms with Crippen LogP contribution in [0.3, 0.4) is 0 Å². The van der Waals surface area contributed by atoms with Gasteiger partial charge in [-0.05, 0) is 31.9 Å². The number of hydrogen-bond donors (Lipinski definition) is 2. The topological polar surface area (TPSA) is 99.9 Å². The first-order chi connectivity index (χ1) is 14.1. The normalized spacial score (nSPS) is 11.3. The molecule has 0 fully saturated rings. The molecule has 0 aromatic heterocycles. The van der Waals surface area contributed by atoms with Gasteiger partial charge in [0.25, 0.3) is 5.69 Å². The second kappa shape index (κ2) is 12.2. The van der Waals surface area contributed by atoms with E-state index in [1.165, 1.54) is 12.1 Å². The Hall–Kier alpha value is -2.69. The minimum Gasteiger partial charge on any atom is -0.352 e. The molecule has 2 aromatic rings. The van der Waals surface area contributed by atoms with Crippen LogP contribution in [0.4, 0.5) is 5.69 Å². The highest BCUT2D eigenvalue weighted by atomic mass is 127. The molecular weight excluding hydrogens is 509 g/mol. The van der Waals surface area contributed by atoms with Crippen LogP contribution < -0.4 is 10.6 Å². The molecule has 0 saturated heterocycles. The molecule has 8 nitrogen and oxygen atoms in total. The maximum atomic E-state index is 12.3. The Kier molecular flexibility index (Phi) is 10.4. The molecule has 1 amide bonds. The van der Waals surface area contributed by atoms with Crippen LogP contribution >= 0.6 is 24.0 Å². The third kappa shape index (κ3) is 9.77. The molecule has 0 aliphatic heterocycles. The molecular formula is C22H30IN5O3. The quantitative estimate of drug-likeness (QED) is 0.184. The minimum atomic E-state index is -0.425. The number of nitrogens with zero attached hydrogens (tertiary/aromatic N) is 3. The summed E-state index contributed by atoms with van der Waals surface area (Å²) in [5.41, 5.74) is 1.67. The number of nitrogens with one attached hydrogen (secondary N) is 2. The molecule has 2 aromatic carbocycles. The number of halogens is 1. The summed E-state index contributed by atoms with van der Waals surface area (Å²) < 4.78 is 0.